The van der Waals surface area contributed by atoms with Gasteiger partial charge in [0.1, 0.15) is 0 Å². The summed E-state index contributed by atoms with van der Waals surface area (Å²) in [6.07, 6.45) is 0. The molecule has 0 bridgehead atoms. The van der Waals surface area contributed by atoms with Crippen LogP contribution in [-0.2, 0) is 0 Å². The van der Waals surface area contributed by atoms with Crippen molar-refractivity contribution in [2.24, 2.45) is 0 Å². The van der Waals surface area contributed by atoms with Crippen molar-refractivity contribution in [3.63, 3.8) is 0 Å². The molecule has 0 fully saturated rings. The van der Waals surface area contributed by atoms with E-state index in [4.69, 9.17) is 4.42 Å². The number of rotatable bonds is 3. The van der Waals surface area contributed by atoms with E-state index in [2.05, 4.69) is 4.98 Å². The van der Waals surface area contributed by atoms with Gasteiger partial charge >= 0.3 is 5.97 Å². The minimum absolute atomic E-state index is 0.0462. The van der Waals surface area contributed by atoms with E-state index in [1.807, 2.05) is 50.2 Å². The van der Waals surface area contributed by atoms with Crippen molar-refractivity contribution in [3.8, 4) is 22.1 Å². The van der Waals surface area contributed by atoms with Crippen molar-refractivity contribution in [3.05, 3.63) is 52.5 Å². The first kappa shape index (κ1) is 13.6. The molecule has 1 N–H and O–H groups in total. The van der Waals surface area contributed by atoms with Gasteiger partial charge in [-0.1, -0.05) is 18.2 Å². The van der Waals surface area contributed by atoms with Crippen molar-refractivity contribution in [2.75, 3.05) is 0 Å². The molecule has 4 nitrogen and oxygen atoms in total. The third-order valence-electron chi connectivity index (χ3n) is 3.24. The maximum atomic E-state index is 11.4. The van der Waals surface area contributed by atoms with Gasteiger partial charge in [-0.25, -0.2) is 9.78 Å². The molecule has 0 saturated carbocycles. The number of carbonyl (C=O) groups is 1. The quantitative estimate of drug-likeness (QED) is 0.779. The Bertz CT molecular complexity index is 783. The molecule has 0 aliphatic heterocycles. The van der Waals surface area contributed by atoms with E-state index < -0.39 is 5.97 Å². The number of hydrogen-bond acceptors (Lipinski definition) is 4. The van der Waals surface area contributed by atoms with Crippen LogP contribution in [-0.4, -0.2) is 16.1 Å². The van der Waals surface area contributed by atoms with Crippen molar-refractivity contribution in [1.82, 2.24) is 4.98 Å². The molecular formula is C16H13NO3S. The molecule has 1 aromatic carbocycles. The third kappa shape index (κ3) is 2.48. The van der Waals surface area contributed by atoms with Crippen molar-refractivity contribution in [1.29, 1.82) is 0 Å². The van der Waals surface area contributed by atoms with Gasteiger partial charge in [0, 0.05) is 10.4 Å². The number of hydrogen-bond donors (Lipinski definition) is 1. The predicted molar refractivity (Wildman–Crippen MR) is 81.7 cm³/mol. The number of benzene rings is 1. The Labute approximate surface area is 125 Å². The molecule has 0 aliphatic carbocycles. The molecule has 0 radical (unpaired) electrons. The fourth-order valence-corrected chi connectivity index (χ4v) is 3.04. The van der Waals surface area contributed by atoms with Crippen molar-refractivity contribution >= 4 is 17.3 Å². The highest BCUT2D eigenvalue weighted by atomic mass is 32.1. The Morgan fingerprint density at radius 2 is 1.95 bits per heavy atom. The van der Waals surface area contributed by atoms with Crippen LogP contribution in [0.2, 0.25) is 0 Å². The molecule has 2 aromatic heterocycles. The topological polar surface area (TPSA) is 63.3 Å². The lowest BCUT2D eigenvalue weighted by molar-refractivity contribution is 0.0691. The van der Waals surface area contributed by atoms with E-state index in [1.54, 1.807) is 0 Å². The zero-order valence-electron chi connectivity index (χ0n) is 11.6. The average Bonchev–Trinajstić information content (AvgIpc) is 3.05. The van der Waals surface area contributed by atoms with Crippen LogP contribution in [0.3, 0.4) is 0 Å². The second-order valence-corrected chi connectivity index (χ2v) is 5.97. The molecule has 3 rings (SSSR count). The molecule has 0 spiro atoms. The lowest BCUT2D eigenvalue weighted by Gasteiger charge is -1.93. The summed E-state index contributed by atoms with van der Waals surface area (Å²) >= 11 is 1.51. The Kier molecular flexibility index (Phi) is 3.35. The van der Waals surface area contributed by atoms with Crippen LogP contribution in [0.1, 0.15) is 20.9 Å². The highest BCUT2D eigenvalue weighted by Gasteiger charge is 2.23. The summed E-state index contributed by atoms with van der Waals surface area (Å²) in [5.74, 6) is -0.436. The van der Waals surface area contributed by atoms with Crippen LogP contribution < -0.4 is 0 Å². The first-order chi connectivity index (χ1) is 10.1. The van der Waals surface area contributed by atoms with Crippen molar-refractivity contribution in [2.45, 2.75) is 13.8 Å². The first-order valence-electron chi connectivity index (χ1n) is 6.43. The van der Waals surface area contributed by atoms with E-state index in [0.717, 1.165) is 20.9 Å². The minimum Gasteiger partial charge on any atom is -0.476 e. The summed E-state index contributed by atoms with van der Waals surface area (Å²) in [5, 5.41) is 9.35. The zero-order valence-corrected chi connectivity index (χ0v) is 12.4. The molecule has 21 heavy (non-hydrogen) atoms. The summed E-state index contributed by atoms with van der Waals surface area (Å²) < 4.78 is 5.74. The fraction of sp³-hybridized carbons (Fsp3) is 0.125. The molecule has 0 atom stereocenters. The zero-order chi connectivity index (χ0) is 15.0. The first-order valence-corrected chi connectivity index (χ1v) is 7.25. The highest BCUT2D eigenvalue weighted by Crippen LogP contribution is 2.35. The largest absolute Gasteiger partial charge is 0.476 e. The van der Waals surface area contributed by atoms with E-state index in [9.17, 15) is 9.90 Å². The number of aromatic nitrogens is 1. The minimum atomic E-state index is -1.08. The lowest BCUT2D eigenvalue weighted by atomic mass is 10.2. The lowest BCUT2D eigenvalue weighted by Crippen LogP contribution is -1.98. The molecule has 2 heterocycles. The number of nitrogens with zero attached hydrogens (tertiary/aromatic N) is 1. The van der Waals surface area contributed by atoms with Crippen LogP contribution >= 0.6 is 11.3 Å². The average molecular weight is 299 g/mol. The van der Waals surface area contributed by atoms with Crippen LogP contribution in [0.15, 0.2) is 40.8 Å². The number of oxazole rings is 1. The van der Waals surface area contributed by atoms with Gasteiger partial charge < -0.3 is 9.52 Å². The summed E-state index contributed by atoms with van der Waals surface area (Å²) in [7, 11) is 0. The summed E-state index contributed by atoms with van der Waals surface area (Å²) in [4.78, 5) is 17.5. The second-order valence-electron chi connectivity index (χ2n) is 4.72. The van der Waals surface area contributed by atoms with E-state index in [-0.39, 0.29) is 5.69 Å². The molecule has 3 aromatic rings. The summed E-state index contributed by atoms with van der Waals surface area (Å²) in [6, 6.07) is 11.2. The van der Waals surface area contributed by atoms with Crippen LogP contribution in [0, 0.1) is 13.8 Å². The number of aromatic carboxylic acids is 1. The highest BCUT2D eigenvalue weighted by molar-refractivity contribution is 7.15. The Morgan fingerprint density at radius 1 is 1.24 bits per heavy atom. The van der Waals surface area contributed by atoms with Gasteiger partial charge in [0.25, 0.3) is 0 Å². The Hall–Kier alpha value is -2.40. The molecule has 0 aliphatic rings. The van der Waals surface area contributed by atoms with E-state index in [1.165, 1.54) is 11.3 Å². The van der Waals surface area contributed by atoms with Gasteiger partial charge in [0.2, 0.25) is 5.89 Å². The number of carboxylic acid groups (broad SMARTS) is 1. The number of aryl methyl sites for hydroxylation is 2. The maximum Gasteiger partial charge on any atom is 0.358 e. The van der Waals surface area contributed by atoms with Crippen LogP contribution in [0.5, 0.6) is 0 Å². The number of carboxylic acids is 1. The number of thiophene rings is 1. The molecule has 0 unspecified atom stereocenters. The molecule has 106 valence electrons. The van der Waals surface area contributed by atoms with Crippen LogP contribution in [0.4, 0.5) is 0 Å². The summed E-state index contributed by atoms with van der Waals surface area (Å²) in [6.45, 7) is 3.99. The second kappa shape index (κ2) is 5.18. The molecule has 0 saturated heterocycles. The third-order valence-corrected chi connectivity index (χ3v) is 4.39. The van der Waals surface area contributed by atoms with Gasteiger partial charge in [-0.3, -0.25) is 0 Å². The normalized spacial score (nSPS) is 10.8. The Morgan fingerprint density at radius 3 is 2.52 bits per heavy atom. The predicted octanol–water partition coefficient (Wildman–Crippen LogP) is 4.39. The standard InChI is InChI=1S/C16H13NO3S/c1-9-8-12(21-10(9)2)14-13(16(18)19)17-15(20-14)11-6-4-3-5-7-11/h3-8H,1-2H3,(H,18,19). The summed E-state index contributed by atoms with van der Waals surface area (Å²) in [5.41, 5.74) is 1.83. The Balaban J connectivity index is 2.16. The van der Waals surface area contributed by atoms with Crippen molar-refractivity contribution < 1.29 is 14.3 Å². The SMILES string of the molecule is Cc1cc(-c2oc(-c3ccccc3)nc2C(=O)O)sc1C. The van der Waals surface area contributed by atoms with Gasteiger partial charge in [0.15, 0.2) is 11.5 Å². The van der Waals surface area contributed by atoms with Gasteiger partial charge in [-0.15, -0.1) is 11.3 Å². The van der Waals surface area contributed by atoms with E-state index >= 15 is 0 Å². The van der Waals surface area contributed by atoms with Gasteiger partial charge in [-0.2, -0.15) is 0 Å². The van der Waals surface area contributed by atoms with Gasteiger partial charge in [-0.05, 0) is 37.6 Å². The monoisotopic (exact) mass is 299 g/mol. The van der Waals surface area contributed by atoms with Crippen LogP contribution in [0.25, 0.3) is 22.1 Å². The maximum absolute atomic E-state index is 11.4. The molecule has 0 amide bonds. The molecule has 5 heteroatoms. The molecular weight excluding hydrogens is 286 g/mol. The van der Waals surface area contributed by atoms with Gasteiger partial charge in [0.05, 0.1) is 4.88 Å². The fourth-order valence-electron chi connectivity index (χ4n) is 2.02. The smallest absolute Gasteiger partial charge is 0.358 e. The van der Waals surface area contributed by atoms with E-state index in [0.29, 0.717) is 11.7 Å².